The summed E-state index contributed by atoms with van der Waals surface area (Å²) < 4.78 is 3.48. The first-order valence-electron chi connectivity index (χ1n) is 8.98. The van der Waals surface area contributed by atoms with Crippen LogP contribution in [0.4, 0.5) is 0 Å². The largest absolute Gasteiger partial charge is 0.353 e. The predicted molar refractivity (Wildman–Crippen MR) is 102 cm³/mol. The zero-order valence-corrected chi connectivity index (χ0v) is 15.5. The second-order valence-corrected chi connectivity index (χ2v) is 7.46. The lowest BCUT2D eigenvalue weighted by Gasteiger charge is -2.11. The first kappa shape index (κ1) is 17.1. The van der Waals surface area contributed by atoms with Gasteiger partial charge in [0.05, 0.1) is 16.7 Å². The maximum Gasteiger partial charge on any atom is 0.262 e. The lowest BCUT2D eigenvalue weighted by atomic mass is 10.2. The molecule has 1 N–H and O–H groups in total. The zero-order chi connectivity index (χ0) is 18.1. The van der Waals surface area contributed by atoms with Gasteiger partial charge in [-0.3, -0.25) is 18.6 Å². The fourth-order valence-electron chi connectivity index (χ4n) is 3.58. The molecule has 2 aromatic heterocycles. The van der Waals surface area contributed by atoms with Crippen LogP contribution in [0.3, 0.4) is 0 Å². The van der Waals surface area contributed by atoms with Crippen molar-refractivity contribution in [3.05, 3.63) is 34.6 Å². The Morgan fingerprint density at radius 1 is 1.27 bits per heavy atom. The number of amides is 1. The van der Waals surface area contributed by atoms with E-state index in [1.807, 2.05) is 35.6 Å². The fourth-order valence-corrected chi connectivity index (χ4v) is 4.33. The van der Waals surface area contributed by atoms with E-state index < -0.39 is 0 Å². The van der Waals surface area contributed by atoms with Gasteiger partial charge in [-0.05, 0) is 31.9 Å². The topological polar surface area (TPSA) is 81.3 Å². The lowest BCUT2D eigenvalue weighted by Crippen LogP contribution is -2.33. The number of thioether (sulfide) groups is 1. The smallest absolute Gasteiger partial charge is 0.262 e. The van der Waals surface area contributed by atoms with Crippen LogP contribution in [-0.2, 0) is 11.3 Å². The number of hydrogen-bond acceptors (Lipinski definition) is 5. The van der Waals surface area contributed by atoms with Gasteiger partial charge < -0.3 is 5.32 Å². The Kier molecular flexibility index (Phi) is 4.67. The number of fused-ring (bicyclic) bond motifs is 3. The predicted octanol–water partition coefficient (Wildman–Crippen LogP) is 2.21. The highest BCUT2D eigenvalue weighted by molar-refractivity contribution is 7.99. The molecule has 1 amide bonds. The molecule has 3 aromatic rings. The Balaban J connectivity index is 1.66. The van der Waals surface area contributed by atoms with Crippen molar-refractivity contribution in [3.8, 4) is 0 Å². The van der Waals surface area contributed by atoms with E-state index in [0.29, 0.717) is 28.9 Å². The third kappa shape index (κ3) is 2.98. The number of carbonyl (C=O) groups is 1. The summed E-state index contributed by atoms with van der Waals surface area (Å²) in [5, 5.41) is 12.8. The number of para-hydroxylation sites is 1. The van der Waals surface area contributed by atoms with E-state index in [1.54, 1.807) is 4.57 Å². The van der Waals surface area contributed by atoms with Crippen molar-refractivity contribution in [1.29, 1.82) is 0 Å². The summed E-state index contributed by atoms with van der Waals surface area (Å²) in [6, 6.07) is 7.74. The lowest BCUT2D eigenvalue weighted by molar-refractivity contribution is -0.119. The van der Waals surface area contributed by atoms with Crippen molar-refractivity contribution >= 4 is 34.3 Å². The minimum atomic E-state index is -0.0708. The molecule has 1 aromatic carbocycles. The SMILES string of the molecule is CCn1c(=O)c2ccccc2n2c(SCC(=O)NC3CCCC3)nnc12. The monoisotopic (exact) mass is 371 g/mol. The molecule has 8 heteroatoms. The molecule has 0 aliphatic heterocycles. The maximum absolute atomic E-state index is 12.7. The number of nitrogens with zero attached hydrogens (tertiary/aromatic N) is 4. The van der Waals surface area contributed by atoms with Crippen molar-refractivity contribution in [2.45, 2.75) is 50.4 Å². The second-order valence-electron chi connectivity index (χ2n) is 6.52. The molecule has 0 unspecified atom stereocenters. The molecule has 0 spiro atoms. The molecule has 1 aliphatic rings. The Morgan fingerprint density at radius 3 is 2.81 bits per heavy atom. The highest BCUT2D eigenvalue weighted by atomic mass is 32.2. The van der Waals surface area contributed by atoms with E-state index in [4.69, 9.17) is 0 Å². The molecule has 0 bridgehead atoms. The fraction of sp³-hybridized carbons (Fsp3) is 0.444. The number of rotatable bonds is 5. The molecule has 0 atom stereocenters. The van der Waals surface area contributed by atoms with Crippen molar-refractivity contribution in [2.24, 2.45) is 0 Å². The maximum atomic E-state index is 12.7. The number of hydrogen-bond donors (Lipinski definition) is 1. The molecule has 1 fully saturated rings. The van der Waals surface area contributed by atoms with Gasteiger partial charge in [-0.15, -0.1) is 10.2 Å². The Bertz CT molecular complexity index is 1020. The van der Waals surface area contributed by atoms with Crippen molar-refractivity contribution < 1.29 is 4.79 Å². The highest BCUT2D eigenvalue weighted by Crippen LogP contribution is 2.22. The molecule has 4 rings (SSSR count). The van der Waals surface area contributed by atoms with Crippen LogP contribution in [0, 0.1) is 0 Å². The van der Waals surface area contributed by atoms with Crippen LogP contribution in [0.15, 0.2) is 34.2 Å². The minimum absolute atomic E-state index is 0.0202. The molecule has 7 nitrogen and oxygen atoms in total. The van der Waals surface area contributed by atoms with Gasteiger partial charge >= 0.3 is 0 Å². The summed E-state index contributed by atoms with van der Waals surface area (Å²) in [5.74, 6) is 0.818. The van der Waals surface area contributed by atoms with E-state index >= 15 is 0 Å². The van der Waals surface area contributed by atoms with Gasteiger partial charge in [0.1, 0.15) is 0 Å². The molecular weight excluding hydrogens is 350 g/mol. The van der Waals surface area contributed by atoms with Gasteiger partial charge in [0.15, 0.2) is 5.16 Å². The summed E-state index contributed by atoms with van der Waals surface area (Å²) in [6.45, 7) is 2.42. The quantitative estimate of drug-likeness (QED) is 0.696. The Labute approximate surface area is 154 Å². The molecule has 1 saturated carbocycles. The van der Waals surface area contributed by atoms with Gasteiger partial charge in [-0.2, -0.15) is 0 Å². The normalized spacial score (nSPS) is 15.1. The van der Waals surface area contributed by atoms with Crippen LogP contribution in [0.1, 0.15) is 32.6 Å². The Hall–Kier alpha value is -2.35. The van der Waals surface area contributed by atoms with Gasteiger partial charge in [-0.1, -0.05) is 36.7 Å². The molecule has 0 radical (unpaired) electrons. The Morgan fingerprint density at radius 2 is 2.04 bits per heavy atom. The zero-order valence-electron chi connectivity index (χ0n) is 14.6. The standard InChI is InChI=1S/C18H21N5O2S/c1-2-22-16(25)13-9-5-6-10-14(13)23-17(22)20-21-18(23)26-11-15(24)19-12-7-3-4-8-12/h5-6,9-10,12H,2-4,7-8,11H2,1H3,(H,19,24). The third-order valence-corrected chi connectivity index (χ3v) is 5.78. The van der Waals surface area contributed by atoms with Crippen LogP contribution < -0.4 is 10.9 Å². The third-order valence-electron chi connectivity index (χ3n) is 4.85. The highest BCUT2D eigenvalue weighted by Gasteiger charge is 2.19. The van der Waals surface area contributed by atoms with Crippen molar-refractivity contribution in [2.75, 3.05) is 5.75 Å². The molecule has 26 heavy (non-hydrogen) atoms. The first-order chi connectivity index (χ1) is 12.7. The number of carbonyl (C=O) groups excluding carboxylic acids is 1. The summed E-state index contributed by atoms with van der Waals surface area (Å²) in [6.07, 6.45) is 4.51. The van der Waals surface area contributed by atoms with E-state index in [-0.39, 0.29) is 17.2 Å². The summed E-state index contributed by atoms with van der Waals surface area (Å²) >= 11 is 1.35. The van der Waals surface area contributed by atoms with Crippen LogP contribution >= 0.6 is 11.8 Å². The minimum Gasteiger partial charge on any atom is -0.353 e. The number of aromatic nitrogens is 4. The molecule has 0 saturated heterocycles. The van der Waals surface area contributed by atoms with Gasteiger partial charge in [0, 0.05) is 12.6 Å². The number of aryl methyl sites for hydroxylation is 1. The second kappa shape index (κ2) is 7.11. The average Bonchev–Trinajstić information content (AvgIpc) is 3.30. The van der Waals surface area contributed by atoms with E-state index in [2.05, 4.69) is 15.5 Å². The van der Waals surface area contributed by atoms with E-state index in [0.717, 1.165) is 18.4 Å². The average molecular weight is 371 g/mol. The van der Waals surface area contributed by atoms with E-state index in [9.17, 15) is 9.59 Å². The van der Waals surface area contributed by atoms with Crippen LogP contribution in [0.5, 0.6) is 0 Å². The van der Waals surface area contributed by atoms with Crippen LogP contribution in [0.2, 0.25) is 0 Å². The van der Waals surface area contributed by atoms with Gasteiger partial charge in [-0.25, -0.2) is 0 Å². The van der Waals surface area contributed by atoms with Crippen molar-refractivity contribution in [1.82, 2.24) is 24.5 Å². The van der Waals surface area contributed by atoms with Crippen LogP contribution in [0.25, 0.3) is 16.7 Å². The van der Waals surface area contributed by atoms with E-state index in [1.165, 1.54) is 24.6 Å². The molecule has 136 valence electrons. The molecular formula is C18H21N5O2S. The number of nitrogens with one attached hydrogen (secondary N) is 1. The van der Waals surface area contributed by atoms with Gasteiger partial charge in [0.25, 0.3) is 5.56 Å². The molecule has 2 heterocycles. The summed E-state index contributed by atoms with van der Waals surface area (Å²) in [7, 11) is 0. The van der Waals surface area contributed by atoms with Crippen LogP contribution in [-0.4, -0.2) is 36.9 Å². The first-order valence-corrected chi connectivity index (χ1v) is 9.96. The van der Waals surface area contributed by atoms with Gasteiger partial charge in [0.2, 0.25) is 11.7 Å². The van der Waals surface area contributed by atoms with Crippen molar-refractivity contribution in [3.63, 3.8) is 0 Å². The molecule has 1 aliphatic carbocycles. The summed E-state index contributed by atoms with van der Waals surface area (Å²) in [4.78, 5) is 24.9. The summed E-state index contributed by atoms with van der Waals surface area (Å²) in [5.41, 5.74) is 0.694. The number of benzene rings is 1.